The fourth-order valence-electron chi connectivity index (χ4n) is 2.55. The number of hydrogen-bond donors (Lipinski definition) is 0. The van der Waals surface area contributed by atoms with Crippen LogP contribution in [0, 0.1) is 5.92 Å². The second-order valence-electron chi connectivity index (χ2n) is 4.57. The Morgan fingerprint density at radius 2 is 2.33 bits per heavy atom. The number of imidazole rings is 1. The Kier molecular flexibility index (Phi) is 3.49. The van der Waals surface area contributed by atoms with Crippen molar-refractivity contribution in [1.82, 2.24) is 9.55 Å². The molecule has 1 aromatic rings. The zero-order chi connectivity index (χ0) is 10.8. The lowest BCUT2D eigenvalue weighted by molar-refractivity contribution is 0.322. The molecule has 0 aliphatic heterocycles. The van der Waals surface area contributed by atoms with Gasteiger partial charge in [-0.05, 0) is 32.1 Å². The molecule has 0 N–H and O–H groups in total. The Hall–Kier alpha value is -0.310. The van der Waals surface area contributed by atoms with Gasteiger partial charge in [-0.2, -0.15) is 0 Å². The number of nitrogens with zero attached hydrogens (tertiary/aromatic N) is 2. The zero-order valence-corrected chi connectivity index (χ0v) is 11.1. The fraction of sp³-hybridized carbons (Fsp3) is 0.750. The third kappa shape index (κ3) is 2.27. The molecule has 1 fully saturated rings. The highest BCUT2D eigenvalue weighted by Crippen LogP contribution is 2.39. The minimum atomic E-state index is 0.637. The van der Waals surface area contributed by atoms with E-state index in [1.165, 1.54) is 25.1 Å². The quantitative estimate of drug-likeness (QED) is 0.752. The van der Waals surface area contributed by atoms with Crippen LogP contribution in [-0.4, -0.2) is 14.4 Å². The van der Waals surface area contributed by atoms with Crippen molar-refractivity contribution in [3.05, 3.63) is 18.2 Å². The predicted octanol–water partition coefficient (Wildman–Crippen LogP) is 3.57. The van der Waals surface area contributed by atoms with Crippen LogP contribution in [0.1, 0.15) is 44.9 Å². The molecule has 2 nitrogen and oxygen atoms in total. The topological polar surface area (TPSA) is 17.8 Å². The van der Waals surface area contributed by atoms with Gasteiger partial charge in [0.25, 0.3) is 0 Å². The Morgan fingerprint density at radius 1 is 1.53 bits per heavy atom. The van der Waals surface area contributed by atoms with E-state index >= 15 is 0 Å². The van der Waals surface area contributed by atoms with Gasteiger partial charge in [0.2, 0.25) is 0 Å². The van der Waals surface area contributed by atoms with Gasteiger partial charge >= 0.3 is 0 Å². The van der Waals surface area contributed by atoms with E-state index in [0.717, 1.165) is 12.5 Å². The minimum absolute atomic E-state index is 0.637. The molecule has 1 heterocycles. The van der Waals surface area contributed by atoms with Crippen molar-refractivity contribution in [2.75, 3.05) is 0 Å². The van der Waals surface area contributed by atoms with Crippen molar-refractivity contribution in [2.24, 2.45) is 5.92 Å². The van der Waals surface area contributed by atoms with Crippen LogP contribution in [-0.2, 0) is 6.54 Å². The summed E-state index contributed by atoms with van der Waals surface area (Å²) in [5, 5.41) is 0. The zero-order valence-electron chi connectivity index (χ0n) is 9.49. The normalized spacial score (nSPS) is 31.8. The standard InChI is InChI=1S/C12H19BrN2/c1-3-15-7-6-14-12(15)11-8-10(13)5-4-9(11)2/h6-7,9-11H,3-5,8H2,1-2H3. The van der Waals surface area contributed by atoms with Crippen LogP contribution < -0.4 is 0 Å². The first-order valence-electron chi connectivity index (χ1n) is 5.87. The number of aromatic nitrogens is 2. The smallest absolute Gasteiger partial charge is 0.112 e. The van der Waals surface area contributed by atoms with E-state index < -0.39 is 0 Å². The predicted molar refractivity (Wildman–Crippen MR) is 66.4 cm³/mol. The summed E-state index contributed by atoms with van der Waals surface area (Å²) in [6, 6.07) is 0. The van der Waals surface area contributed by atoms with Crippen LogP contribution in [0.2, 0.25) is 0 Å². The highest BCUT2D eigenvalue weighted by Gasteiger charge is 2.30. The monoisotopic (exact) mass is 270 g/mol. The number of alkyl halides is 1. The summed E-state index contributed by atoms with van der Waals surface area (Å²) in [5.41, 5.74) is 0. The van der Waals surface area contributed by atoms with Gasteiger partial charge in [0.1, 0.15) is 5.82 Å². The number of aryl methyl sites for hydroxylation is 1. The molecule has 0 bridgehead atoms. The molecule has 0 saturated heterocycles. The molecule has 1 aliphatic carbocycles. The molecular formula is C12H19BrN2. The van der Waals surface area contributed by atoms with Crippen molar-refractivity contribution in [3.63, 3.8) is 0 Å². The van der Waals surface area contributed by atoms with Gasteiger partial charge in [0.05, 0.1) is 0 Å². The average molecular weight is 271 g/mol. The Balaban J connectivity index is 2.20. The van der Waals surface area contributed by atoms with E-state index in [4.69, 9.17) is 0 Å². The summed E-state index contributed by atoms with van der Waals surface area (Å²) in [6.45, 7) is 5.58. The second-order valence-corrected chi connectivity index (χ2v) is 5.86. The lowest BCUT2D eigenvalue weighted by Gasteiger charge is -2.31. The van der Waals surface area contributed by atoms with Crippen molar-refractivity contribution >= 4 is 15.9 Å². The van der Waals surface area contributed by atoms with Gasteiger partial charge in [-0.15, -0.1) is 0 Å². The van der Waals surface area contributed by atoms with Gasteiger partial charge in [-0.1, -0.05) is 22.9 Å². The lowest BCUT2D eigenvalue weighted by atomic mass is 9.80. The summed E-state index contributed by atoms with van der Waals surface area (Å²) in [7, 11) is 0. The van der Waals surface area contributed by atoms with Crippen molar-refractivity contribution in [2.45, 2.75) is 50.4 Å². The van der Waals surface area contributed by atoms with E-state index in [-0.39, 0.29) is 0 Å². The first kappa shape index (κ1) is 11.2. The number of rotatable bonds is 2. The second kappa shape index (κ2) is 4.69. The van der Waals surface area contributed by atoms with E-state index in [0.29, 0.717) is 10.7 Å². The third-order valence-corrected chi connectivity index (χ3v) is 4.38. The van der Waals surface area contributed by atoms with Crippen LogP contribution in [0.4, 0.5) is 0 Å². The molecule has 2 rings (SSSR count). The minimum Gasteiger partial charge on any atom is -0.335 e. The van der Waals surface area contributed by atoms with E-state index in [2.05, 4.69) is 45.5 Å². The first-order valence-corrected chi connectivity index (χ1v) is 6.79. The average Bonchev–Trinajstić information content (AvgIpc) is 2.69. The van der Waals surface area contributed by atoms with Crippen LogP contribution in [0.25, 0.3) is 0 Å². The molecule has 3 atom stereocenters. The Bertz CT molecular complexity index is 321. The van der Waals surface area contributed by atoms with Crippen LogP contribution in [0.15, 0.2) is 12.4 Å². The Labute approximate surface area is 100 Å². The molecule has 0 radical (unpaired) electrons. The SMILES string of the molecule is CCn1ccnc1C1CC(Br)CCC1C. The molecule has 84 valence electrons. The van der Waals surface area contributed by atoms with Gasteiger partial charge in [0.15, 0.2) is 0 Å². The maximum atomic E-state index is 4.54. The highest BCUT2D eigenvalue weighted by atomic mass is 79.9. The van der Waals surface area contributed by atoms with E-state index in [1.807, 2.05) is 6.20 Å². The van der Waals surface area contributed by atoms with Gasteiger partial charge in [0, 0.05) is 29.7 Å². The molecule has 3 heteroatoms. The first-order chi connectivity index (χ1) is 7.22. The molecular weight excluding hydrogens is 252 g/mol. The summed E-state index contributed by atoms with van der Waals surface area (Å²) >= 11 is 3.75. The summed E-state index contributed by atoms with van der Waals surface area (Å²) < 4.78 is 2.28. The van der Waals surface area contributed by atoms with Gasteiger partial charge in [-0.25, -0.2) is 4.98 Å². The lowest BCUT2D eigenvalue weighted by Crippen LogP contribution is -2.24. The summed E-state index contributed by atoms with van der Waals surface area (Å²) in [4.78, 5) is 5.22. The van der Waals surface area contributed by atoms with Crippen molar-refractivity contribution in [3.8, 4) is 0 Å². The maximum Gasteiger partial charge on any atom is 0.112 e. The van der Waals surface area contributed by atoms with Crippen LogP contribution in [0.3, 0.4) is 0 Å². The molecule has 1 aliphatic rings. The van der Waals surface area contributed by atoms with Crippen LogP contribution >= 0.6 is 15.9 Å². The molecule has 15 heavy (non-hydrogen) atoms. The van der Waals surface area contributed by atoms with Gasteiger partial charge in [-0.3, -0.25) is 0 Å². The van der Waals surface area contributed by atoms with E-state index in [1.54, 1.807) is 0 Å². The molecule has 1 saturated carbocycles. The largest absolute Gasteiger partial charge is 0.335 e. The molecule has 1 aromatic heterocycles. The molecule has 0 aromatic carbocycles. The maximum absolute atomic E-state index is 4.54. The third-order valence-electron chi connectivity index (χ3n) is 3.55. The van der Waals surface area contributed by atoms with Gasteiger partial charge < -0.3 is 4.57 Å². The highest BCUT2D eigenvalue weighted by molar-refractivity contribution is 9.09. The van der Waals surface area contributed by atoms with Crippen molar-refractivity contribution in [1.29, 1.82) is 0 Å². The Morgan fingerprint density at radius 3 is 3.07 bits per heavy atom. The molecule has 0 amide bonds. The van der Waals surface area contributed by atoms with Crippen molar-refractivity contribution < 1.29 is 0 Å². The van der Waals surface area contributed by atoms with E-state index in [9.17, 15) is 0 Å². The molecule has 3 unspecified atom stereocenters. The summed E-state index contributed by atoms with van der Waals surface area (Å²) in [5.74, 6) is 2.69. The summed E-state index contributed by atoms with van der Waals surface area (Å²) in [6.07, 6.45) is 7.89. The number of hydrogen-bond acceptors (Lipinski definition) is 1. The number of halogens is 1. The molecule has 0 spiro atoms. The fourth-order valence-corrected chi connectivity index (χ4v) is 3.21. The van der Waals surface area contributed by atoms with Crippen LogP contribution in [0.5, 0.6) is 0 Å².